The minimum Gasteiger partial charge on any atom is -0.383 e. The third-order valence-corrected chi connectivity index (χ3v) is 2.75. The second kappa shape index (κ2) is 6.45. The zero-order valence-corrected chi connectivity index (χ0v) is 11.4. The molecule has 2 rings (SSSR count). The van der Waals surface area contributed by atoms with E-state index in [9.17, 15) is 0 Å². The van der Waals surface area contributed by atoms with E-state index in [0.717, 1.165) is 11.3 Å². The molecule has 98 valence electrons. The zero-order chi connectivity index (χ0) is 14.4. The summed E-state index contributed by atoms with van der Waals surface area (Å²) in [6, 6.07) is 18.4. The maximum atomic E-state index is 8.72. The summed E-state index contributed by atoms with van der Waals surface area (Å²) in [6.07, 6.45) is 0. The van der Waals surface area contributed by atoms with E-state index in [1.54, 1.807) is 24.3 Å². The highest BCUT2D eigenvalue weighted by Crippen LogP contribution is 2.09. The second-order valence-corrected chi connectivity index (χ2v) is 4.37. The lowest BCUT2D eigenvalue weighted by Crippen LogP contribution is -2.18. The van der Waals surface area contributed by atoms with Crippen molar-refractivity contribution >= 4 is 28.9 Å². The number of amidine groups is 1. The number of nitriles is 1. The Hall–Kier alpha value is -2.71. The van der Waals surface area contributed by atoms with Crippen LogP contribution < -0.4 is 11.1 Å². The molecule has 0 saturated heterocycles. The quantitative estimate of drug-likeness (QED) is 0.504. The molecule has 0 saturated carbocycles. The normalized spacial score (nSPS) is 10.7. The summed E-state index contributed by atoms with van der Waals surface area (Å²) in [7, 11) is 0. The average Bonchev–Trinajstić information content (AvgIpc) is 2.49. The number of nitrogens with two attached hydrogens (primary N) is 1. The number of nitrogens with one attached hydrogen (secondary N) is 1. The van der Waals surface area contributed by atoms with E-state index in [1.165, 1.54) is 0 Å². The third kappa shape index (κ3) is 3.64. The standard InChI is InChI=1S/C15H12N4S/c16-10-11-6-8-13(9-7-11)18-15(20)19-14(17)12-4-2-1-3-5-12/h1-9H,(H3,17,18,19,20). The number of thiocarbonyl (C=S) groups is 1. The average molecular weight is 280 g/mol. The van der Waals surface area contributed by atoms with Crippen LogP contribution in [0.1, 0.15) is 11.1 Å². The van der Waals surface area contributed by atoms with Gasteiger partial charge in [0, 0.05) is 11.3 Å². The smallest absolute Gasteiger partial charge is 0.199 e. The lowest BCUT2D eigenvalue weighted by Gasteiger charge is -2.05. The van der Waals surface area contributed by atoms with Gasteiger partial charge >= 0.3 is 0 Å². The van der Waals surface area contributed by atoms with Gasteiger partial charge in [-0.25, -0.2) is 4.99 Å². The number of hydrogen-bond acceptors (Lipinski definition) is 2. The summed E-state index contributed by atoms with van der Waals surface area (Å²) in [6.45, 7) is 0. The maximum Gasteiger partial charge on any atom is 0.199 e. The van der Waals surface area contributed by atoms with Gasteiger partial charge in [-0.1, -0.05) is 30.3 Å². The van der Waals surface area contributed by atoms with Crippen molar-refractivity contribution < 1.29 is 0 Å². The fourth-order valence-electron chi connectivity index (χ4n) is 1.56. The summed E-state index contributed by atoms with van der Waals surface area (Å²) in [5, 5.41) is 11.9. The van der Waals surface area contributed by atoms with Crippen molar-refractivity contribution in [1.82, 2.24) is 0 Å². The Labute approximate surface area is 122 Å². The molecule has 5 heteroatoms. The van der Waals surface area contributed by atoms with Crippen LogP contribution in [0.2, 0.25) is 0 Å². The van der Waals surface area contributed by atoms with E-state index in [1.807, 2.05) is 30.3 Å². The van der Waals surface area contributed by atoms with E-state index < -0.39 is 0 Å². The van der Waals surface area contributed by atoms with Gasteiger partial charge in [0.25, 0.3) is 0 Å². The SMILES string of the molecule is N#Cc1ccc(NC(=S)/N=C(\N)c2ccccc2)cc1. The topological polar surface area (TPSA) is 74.2 Å². The minimum absolute atomic E-state index is 0.274. The van der Waals surface area contributed by atoms with Crippen molar-refractivity contribution in [1.29, 1.82) is 5.26 Å². The van der Waals surface area contributed by atoms with E-state index in [0.29, 0.717) is 11.4 Å². The van der Waals surface area contributed by atoms with Gasteiger partial charge in [-0.3, -0.25) is 0 Å². The lowest BCUT2D eigenvalue weighted by molar-refractivity contribution is 1.48. The molecule has 0 heterocycles. The van der Waals surface area contributed by atoms with Crippen LogP contribution in [0, 0.1) is 11.3 Å². The zero-order valence-electron chi connectivity index (χ0n) is 10.6. The fourth-order valence-corrected chi connectivity index (χ4v) is 1.78. The van der Waals surface area contributed by atoms with Crippen LogP contribution >= 0.6 is 12.2 Å². The summed E-state index contributed by atoms with van der Waals surface area (Å²) in [5.74, 6) is 0.358. The van der Waals surface area contributed by atoms with E-state index in [2.05, 4.69) is 16.4 Å². The molecule has 0 aromatic heterocycles. The van der Waals surface area contributed by atoms with Gasteiger partial charge < -0.3 is 11.1 Å². The maximum absolute atomic E-state index is 8.72. The summed E-state index contributed by atoms with van der Waals surface area (Å²) in [5.41, 5.74) is 8.04. The molecule has 0 atom stereocenters. The van der Waals surface area contributed by atoms with Crippen LogP contribution in [-0.2, 0) is 0 Å². The molecule has 0 aliphatic heterocycles. The van der Waals surface area contributed by atoms with Gasteiger partial charge in [0.05, 0.1) is 11.6 Å². The number of nitrogens with zero attached hydrogens (tertiary/aromatic N) is 2. The van der Waals surface area contributed by atoms with Crippen LogP contribution in [0.3, 0.4) is 0 Å². The third-order valence-electron chi connectivity index (χ3n) is 2.56. The molecule has 2 aromatic carbocycles. The molecule has 4 nitrogen and oxygen atoms in total. The van der Waals surface area contributed by atoms with E-state index >= 15 is 0 Å². The largest absolute Gasteiger partial charge is 0.383 e. The highest BCUT2D eigenvalue weighted by Gasteiger charge is 2.00. The summed E-state index contributed by atoms with van der Waals surface area (Å²) in [4.78, 5) is 4.13. The molecule has 0 bridgehead atoms. The molecule has 0 unspecified atom stereocenters. The van der Waals surface area contributed by atoms with Crippen LogP contribution in [0.4, 0.5) is 5.69 Å². The number of anilines is 1. The first-order chi connectivity index (χ1) is 9.69. The predicted molar refractivity (Wildman–Crippen MR) is 84.5 cm³/mol. The second-order valence-electron chi connectivity index (χ2n) is 3.98. The molecule has 0 aliphatic carbocycles. The van der Waals surface area contributed by atoms with Crippen molar-refractivity contribution in [2.24, 2.45) is 10.7 Å². The Kier molecular flexibility index (Phi) is 4.43. The highest BCUT2D eigenvalue weighted by atomic mass is 32.1. The lowest BCUT2D eigenvalue weighted by atomic mass is 10.2. The van der Waals surface area contributed by atoms with Gasteiger partial charge in [0.15, 0.2) is 5.11 Å². The summed E-state index contributed by atoms with van der Waals surface area (Å²) >= 11 is 5.13. The van der Waals surface area contributed by atoms with E-state index in [4.69, 9.17) is 23.2 Å². The molecule has 0 amide bonds. The fraction of sp³-hybridized carbons (Fsp3) is 0. The highest BCUT2D eigenvalue weighted by molar-refractivity contribution is 7.80. The van der Waals surface area contributed by atoms with Crippen molar-refractivity contribution in [3.63, 3.8) is 0 Å². The van der Waals surface area contributed by atoms with Gasteiger partial charge in [-0.15, -0.1) is 0 Å². The van der Waals surface area contributed by atoms with Crippen molar-refractivity contribution in [2.45, 2.75) is 0 Å². The molecular weight excluding hydrogens is 268 g/mol. The van der Waals surface area contributed by atoms with E-state index in [-0.39, 0.29) is 5.11 Å². The van der Waals surface area contributed by atoms with Crippen LogP contribution in [0.5, 0.6) is 0 Å². The first-order valence-electron chi connectivity index (χ1n) is 5.90. The molecule has 3 N–H and O–H groups in total. The number of rotatable bonds is 2. The Morgan fingerprint density at radius 2 is 1.75 bits per heavy atom. The molecule has 0 fully saturated rings. The van der Waals surface area contributed by atoms with Gasteiger partial charge in [-0.2, -0.15) is 5.26 Å². The van der Waals surface area contributed by atoms with Crippen LogP contribution in [0.25, 0.3) is 0 Å². The predicted octanol–water partition coefficient (Wildman–Crippen LogP) is 2.66. The number of hydrogen-bond donors (Lipinski definition) is 2. The molecule has 0 radical (unpaired) electrons. The van der Waals surface area contributed by atoms with Crippen molar-refractivity contribution in [3.8, 4) is 6.07 Å². The number of benzene rings is 2. The molecule has 0 aliphatic rings. The minimum atomic E-state index is 0.274. The van der Waals surface area contributed by atoms with Crippen molar-refractivity contribution in [2.75, 3.05) is 5.32 Å². The Morgan fingerprint density at radius 1 is 1.10 bits per heavy atom. The molecular formula is C15H12N4S. The van der Waals surface area contributed by atoms with Crippen LogP contribution in [-0.4, -0.2) is 10.9 Å². The Morgan fingerprint density at radius 3 is 2.35 bits per heavy atom. The Balaban J connectivity index is 2.07. The first kappa shape index (κ1) is 13.7. The van der Waals surface area contributed by atoms with Crippen LogP contribution in [0.15, 0.2) is 59.6 Å². The van der Waals surface area contributed by atoms with Gasteiger partial charge in [0.2, 0.25) is 0 Å². The molecule has 2 aromatic rings. The monoisotopic (exact) mass is 280 g/mol. The van der Waals surface area contributed by atoms with Gasteiger partial charge in [0.1, 0.15) is 5.84 Å². The molecule has 0 spiro atoms. The molecule has 20 heavy (non-hydrogen) atoms. The summed E-state index contributed by atoms with van der Waals surface area (Å²) < 4.78 is 0. The Bertz CT molecular complexity index is 669. The van der Waals surface area contributed by atoms with Crippen molar-refractivity contribution in [3.05, 3.63) is 65.7 Å². The first-order valence-corrected chi connectivity index (χ1v) is 6.30. The van der Waals surface area contributed by atoms with Gasteiger partial charge in [-0.05, 0) is 36.5 Å². The number of aliphatic imine (C=N–C) groups is 1.